The molecular weight excluding hydrogens is 474 g/mol. The molecule has 3 atom stereocenters. The van der Waals surface area contributed by atoms with Crippen molar-refractivity contribution < 1.29 is 22.4 Å². The number of pyridine rings is 1. The average Bonchev–Trinajstić information content (AvgIpc) is 3.40. The van der Waals surface area contributed by atoms with Crippen molar-refractivity contribution >= 4 is 23.3 Å². The van der Waals surface area contributed by atoms with Crippen LogP contribution in [0.25, 0.3) is 11.4 Å². The molecule has 11 heteroatoms. The summed E-state index contributed by atoms with van der Waals surface area (Å²) < 4.78 is 53.6. The molecule has 2 aliphatic rings. The zero-order chi connectivity index (χ0) is 24.0. The average molecular weight is 492 g/mol. The molecule has 2 aromatic heterocycles. The summed E-state index contributed by atoms with van der Waals surface area (Å²) in [7, 11) is 0. The second kappa shape index (κ2) is 8.50. The highest BCUT2D eigenvalue weighted by Crippen LogP contribution is 2.41. The fraction of sp³-hybridized carbons (Fsp3) is 0.304. The topological polar surface area (TPSA) is 71.0 Å². The van der Waals surface area contributed by atoms with Gasteiger partial charge in [-0.3, -0.25) is 4.79 Å². The van der Waals surface area contributed by atoms with Gasteiger partial charge in [0.2, 0.25) is 0 Å². The molecule has 3 unspecified atom stereocenters. The Balaban J connectivity index is 1.40. The number of likely N-dealkylation sites (tertiary alicyclic amines) is 1. The number of piperidine rings is 1. The number of halogens is 5. The molecule has 3 heterocycles. The first-order valence-electron chi connectivity index (χ1n) is 10.6. The molecule has 1 N–H and O–H groups in total. The van der Waals surface area contributed by atoms with E-state index in [9.17, 15) is 22.4 Å². The number of hydrogen-bond acceptors (Lipinski definition) is 5. The Morgan fingerprint density at radius 3 is 2.56 bits per heavy atom. The summed E-state index contributed by atoms with van der Waals surface area (Å²) in [4.78, 5) is 27.3. The van der Waals surface area contributed by atoms with Crippen molar-refractivity contribution in [2.75, 3.05) is 11.9 Å². The van der Waals surface area contributed by atoms with Gasteiger partial charge >= 0.3 is 6.18 Å². The standard InChI is InChI=1S/C23H18ClF4N5O/c24-15-9-13(23(26,27)28)10-31-21(15)32-17-7-12-8-18(17)33(11-12)22(34)19-14(3-1-4-16(19)25)20-29-5-2-6-30-20/h1-6,9-10,12,17-18H,7-8,11H2,(H,31,32). The van der Waals surface area contributed by atoms with Gasteiger partial charge in [-0.1, -0.05) is 23.7 Å². The largest absolute Gasteiger partial charge is 0.417 e. The Kier molecular flexibility index (Phi) is 5.63. The Morgan fingerprint density at radius 1 is 1.12 bits per heavy atom. The molecule has 1 saturated carbocycles. The molecule has 3 aromatic rings. The minimum absolute atomic E-state index is 0.106. The van der Waals surface area contributed by atoms with E-state index in [1.54, 1.807) is 17.0 Å². The quantitative estimate of drug-likeness (QED) is 0.516. The minimum Gasteiger partial charge on any atom is -0.364 e. The predicted molar refractivity (Wildman–Crippen MR) is 117 cm³/mol. The number of rotatable bonds is 4. The monoisotopic (exact) mass is 491 g/mol. The van der Waals surface area contributed by atoms with Crippen molar-refractivity contribution in [2.45, 2.75) is 31.1 Å². The number of alkyl halides is 3. The molecule has 6 nitrogen and oxygen atoms in total. The lowest BCUT2D eigenvalue weighted by atomic mass is 10.0. The van der Waals surface area contributed by atoms with E-state index in [1.165, 1.54) is 24.5 Å². The Morgan fingerprint density at radius 2 is 1.88 bits per heavy atom. The third-order valence-electron chi connectivity index (χ3n) is 6.27. The number of amides is 1. The van der Waals surface area contributed by atoms with Gasteiger partial charge in [-0.25, -0.2) is 19.3 Å². The van der Waals surface area contributed by atoms with Gasteiger partial charge in [-0.2, -0.15) is 13.2 Å². The van der Waals surface area contributed by atoms with Gasteiger partial charge in [0, 0.05) is 36.7 Å². The highest BCUT2D eigenvalue weighted by Gasteiger charge is 2.48. The normalized spacial score (nSPS) is 21.7. The first kappa shape index (κ1) is 22.5. The van der Waals surface area contributed by atoms with Gasteiger partial charge in [0.1, 0.15) is 11.6 Å². The zero-order valence-electron chi connectivity index (χ0n) is 17.6. The van der Waals surface area contributed by atoms with E-state index in [2.05, 4.69) is 20.3 Å². The predicted octanol–water partition coefficient (Wildman–Crippen LogP) is 5.07. The van der Waals surface area contributed by atoms with E-state index >= 15 is 0 Å². The molecule has 0 spiro atoms. The fourth-order valence-corrected chi connectivity index (χ4v) is 5.02. The lowest BCUT2D eigenvalue weighted by Gasteiger charge is -2.34. The van der Waals surface area contributed by atoms with Crippen molar-refractivity contribution in [3.8, 4) is 11.4 Å². The van der Waals surface area contributed by atoms with Gasteiger partial charge in [0.05, 0.1) is 22.2 Å². The summed E-state index contributed by atoms with van der Waals surface area (Å²) in [5.74, 6) is -0.627. The summed E-state index contributed by atoms with van der Waals surface area (Å²) in [6.45, 7) is 0.458. The summed E-state index contributed by atoms with van der Waals surface area (Å²) in [6, 6.07) is 6.18. The van der Waals surface area contributed by atoms with Crippen LogP contribution in [0.15, 0.2) is 48.9 Å². The molecule has 34 heavy (non-hydrogen) atoms. The number of anilines is 1. The summed E-state index contributed by atoms with van der Waals surface area (Å²) in [5, 5.41) is 2.93. The SMILES string of the molecule is O=C(c1c(F)cccc1-c1ncccn1)N1CC2CC(Nc3ncc(C(F)(F)F)cc3Cl)C1C2. The van der Waals surface area contributed by atoms with Crippen molar-refractivity contribution in [1.82, 2.24) is 19.9 Å². The van der Waals surface area contributed by atoms with Crippen molar-refractivity contribution in [1.29, 1.82) is 0 Å². The maximum atomic E-state index is 14.9. The lowest BCUT2D eigenvalue weighted by molar-refractivity contribution is -0.137. The third-order valence-corrected chi connectivity index (χ3v) is 6.56. The molecule has 0 radical (unpaired) electrons. The number of aromatic nitrogens is 3. The maximum absolute atomic E-state index is 14.9. The molecule has 176 valence electrons. The lowest BCUT2D eigenvalue weighted by Crippen LogP contribution is -2.48. The van der Waals surface area contributed by atoms with Crippen molar-refractivity contribution in [3.63, 3.8) is 0 Å². The summed E-state index contributed by atoms with van der Waals surface area (Å²) >= 11 is 6.05. The highest BCUT2D eigenvalue weighted by atomic mass is 35.5. The first-order chi connectivity index (χ1) is 16.2. The van der Waals surface area contributed by atoms with E-state index < -0.39 is 23.5 Å². The van der Waals surface area contributed by atoms with Crippen LogP contribution in [0.1, 0.15) is 28.8 Å². The Labute approximate surface area is 197 Å². The van der Waals surface area contributed by atoms with Crippen molar-refractivity contribution in [3.05, 3.63) is 70.9 Å². The number of fused-ring (bicyclic) bond motifs is 2. The highest BCUT2D eigenvalue weighted by molar-refractivity contribution is 6.33. The number of hydrogen-bond donors (Lipinski definition) is 1. The van der Waals surface area contributed by atoms with E-state index in [-0.39, 0.29) is 40.2 Å². The maximum Gasteiger partial charge on any atom is 0.417 e. The van der Waals surface area contributed by atoms with Crippen LogP contribution in [-0.2, 0) is 6.18 Å². The summed E-state index contributed by atoms with van der Waals surface area (Å²) in [5.41, 5.74) is -0.751. The van der Waals surface area contributed by atoms with Crippen molar-refractivity contribution in [2.24, 2.45) is 5.92 Å². The van der Waals surface area contributed by atoms with Crippen LogP contribution in [0.2, 0.25) is 5.02 Å². The number of carbonyl (C=O) groups excluding carboxylic acids is 1. The number of nitrogens with zero attached hydrogens (tertiary/aromatic N) is 4. The van der Waals surface area contributed by atoms with Gasteiger partial charge in [0.15, 0.2) is 5.82 Å². The summed E-state index contributed by atoms with van der Waals surface area (Å²) in [6.07, 6.45) is 0.577. The molecule has 1 aromatic carbocycles. The van der Waals surface area contributed by atoms with E-state index in [1.807, 2.05) is 0 Å². The Bertz CT molecular complexity index is 1240. The Hall–Kier alpha value is -3.27. The van der Waals surface area contributed by atoms with E-state index in [0.29, 0.717) is 24.9 Å². The number of nitrogens with one attached hydrogen (secondary N) is 1. The van der Waals surface area contributed by atoms with Crippen LogP contribution in [0.4, 0.5) is 23.4 Å². The number of benzene rings is 1. The molecule has 1 aliphatic carbocycles. The molecule has 2 bridgehead atoms. The molecule has 5 rings (SSSR count). The van der Waals surface area contributed by atoms with E-state index in [4.69, 9.17) is 11.6 Å². The molecule has 1 saturated heterocycles. The van der Waals surface area contributed by atoms with Crippen LogP contribution in [0.3, 0.4) is 0 Å². The molecule has 2 fully saturated rings. The minimum atomic E-state index is -4.55. The second-order valence-corrected chi connectivity index (χ2v) is 8.81. The van der Waals surface area contributed by atoms with E-state index in [0.717, 1.165) is 12.3 Å². The number of carbonyl (C=O) groups is 1. The van der Waals surface area contributed by atoms with Crippen LogP contribution in [-0.4, -0.2) is 44.4 Å². The second-order valence-electron chi connectivity index (χ2n) is 8.40. The van der Waals surface area contributed by atoms with Crippen LogP contribution in [0.5, 0.6) is 0 Å². The first-order valence-corrected chi connectivity index (χ1v) is 11.0. The fourth-order valence-electron chi connectivity index (χ4n) is 4.80. The van der Waals surface area contributed by atoms with Crippen LogP contribution in [0, 0.1) is 11.7 Å². The third kappa shape index (κ3) is 4.06. The van der Waals surface area contributed by atoms with Crippen LogP contribution >= 0.6 is 11.6 Å². The van der Waals surface area contributed by atoms with Gasteiger partial charge in [0.25, 0.3) is 5.91 Å². The van der Waals surface area contributed by atoms with Gasteiger partial charge in [-0.15, -0.1) is 0 Å². The molecule has 1 aliphatic heterocycles. The van der Waals surface area contributed by atoms with Gasteiger partial charge in [-0.05, 0) is 37.0 Å². The van der Waals surface area contributed by atoms with Gasteiger partial charge < -0.3 is 10.2 Å². The zero-order valence-corrected chi connectivity index (χ0v) is 18.3. The molecular formula is C23H18ClF4N5O. The molecule has 1 amide bonds. The van der Waals surface area contributed by atoms with Crippen LogP contribution < -0.4 is 5.32 Å². The smallest absolute Gasteiger partial charge is 0.364 e.